The molecule has 51 heavy (non-hydrogen) atoms. The van der Waals surface area contributed by atoms with Gasteiger partial charge in [-0.1, -0.05) is 171 Å². The van der Waals surface area contributed by atoms with Crippen LogP contribution in [0.15, 0.2) is 60.8 Å². The maximum absolute atomic E-state index is 12.5. The van der Waals surface area contributed by atoms with Crippen LogP contribution in [-0.4, -0.2) is 41.9 Å². The molecule has 0 aromatic heterocycles. The Balaban J connectivity index is 4.03. The van der Waals surface area contributed by atoms with Crippen LogP contribution in [0.3, 0.4) is 0 Å². The predicted octanol–water partition coefficient (Wildman–Crippen LogP) is 12.5. The van der Waals surface area contributed by atoms with Crippen molar-refractivity contribution in [3.8, 4) is 0 Å². The molecule has 0 saturated heterocycles. The van der Waals surface area contributed by atoms with E-state index in [1.165, 1.54) is 109 Å². The number of amides is 1. The van der Waals surface area contributed by atoms with E-state index in [4.69, 9.17) is 0 Å². The van der Waals surface area contributed by atoms with Crippen LogP contribution in [0.2, 0.25) is 0 Å². The van der Waals surface area contributed by atoms with E-state index >= 15 is 0 Å². The lowest BCUT2D eigenvalue weighted by molar-refractivity contribution is -0.122. The fourth-order valence-corrected chi connectivity index (χ4v) is 6.72. The molecule has 1 amide bonds. The van der Waals surface area contributed by atoms with Crippen LogP contribution in [0.4, 0.5) is 0 Å². The van der Waals surface area contributed by atoms with Gasteiger partial charge in [0.15, 0.2) is 0 Å². The zero-order valence-corrected chi connectivity index (χ0v) is 33.8. The molecule has 0 aliphatic rings. The SMILES string of the molecule is CCCCCC/C=C\C/C=C\CCCCCCCC(=O)NC(CS(=O)(=O)O)C(O)/C=C/CC/C=C/CC/C=C/CCCCCCCCCCCC. The maximum atomic E-state index is 12.5. The number of nitrogens with one attached hydrogen (secondary N) is 1. The quantitative estimate of drug-likeness (QED) is 0.0335. The third-order valence-corrected chi connectivity index (χ3v) is 9.92. The Labute approximate surface area is 315 Å². The normalized spacial score (nSPS) is 13.9. The molecular formula is C44H79NO5S. The molecule has 0 bridgehead atoms. The summed E-state index contributed by atoms with van der Waals surface area (Å²) in [6.45, 7) is 4.50. The molecule has 0 rings (SSSR count). The zero-order valence-electron chi connectivity index (χ0n) is 33.0. The Morgan fingerprint density at radius 1 is 0.529 bits per heavy atom. The highest BCUT2D eigenvalue weighted by Crippen LogP contribution is 2.12. The standard InChI is InChI=1S/C44H79NO5S/c1-3-5-7-9-11-13-15-17-19-21-22-23-24-25-27-29-31-33-35-37-39-43(46)42(41-51(48,49)50)45-44(47)40-38-36-34-32-30-28-26-20-18-16-14-12-10-8-6-4-2/h14,16,20,23-24,26,29,31,37,39,42-43,46H,3-13,15,17-19,21-22,25,27-28,30,32-36,38,40-41H2,1-2H3,(H,45,47)(H,48,49,50)/b16-14-,24-23+,26-20-,31-29+,39-37+. The van der Waals surface area contributed by atoms with Gasteiger partial charge in [0.2, 0.25) is 5.91 Å². The van der Waals surface area contributed by atoms with Crippen LogP contribution in [0, 0.1) is 0 Å². The zero-order chi connectivity index (χ0) is 37.5. The molecule has 0 saturated carbocycles. The van der Waals surface area contributed by atoms with E-state index in [1.807, 2.05) is 0 Å². The molecule has 0 heterocycles. The fourth-order valence-electron chi connectivity index (χ4n) is 5.98. The van der Waals surface area contributed by atoms with Gasteiger partial charge < -0.3 is 10.4 Å². The number of allylic oxidation sites excluding steroid dienone is 9. The number of aliphatic hydroxyl groups excluding tert-OH is 1. The van der Waals surface area contributed by atoms with E-state index in [-0.39, 0.29) is 12.3 Å². The lowest BCUT2D eigenvalue weighted by Gasteiger charge is -2.21. The Morgan fingerprint density at radius 2 is 0.902 bits per heavy atom. The van der Waals surface area contributed by atoms with Crippen molar-refractivity contribution in [1.29, 1.82) is 0 Å². The number of carbonyl (C=O) groups is 1. The Bertz CT molecular complexity index is 1030. The van der Waals surface area contributed by atoms with Crippen molar-refractivity contribution in [2.24, 2.45) is 0 Å². The minimum atomic E-state index is -4.36. The summed E-state index contributed by atoms with van der Waals surface area (Å²) >= 11 is 0. The van der Waals surface area contributed by atoms with Crippen molar-refractivity contribution in [3.05, 3.63) is 60.8 Å². The summed E-state index contributed by atoms with van der Waals surface area (Å²) in [5, 5.41) is 13.2. The number of aliphatic hydroxyl groups is 1. The first-order chi connectivity index (χ1) is 24.8. The molecule has 0 fully saturated rings. The molecule has 0 radical (unpaired) electrons. The van der Waals surface area contributed by atoms with Gasteiger partial charge in [-0.05, 0) is 77.0 Å². The van der Waals surface area contributed by atoms with Gasteiger partial charge in [-0.25, -0.2) is 0 Å². The van der Waals surface area contributed by atoms with Gasteiger partial charge in [-0.15, -0.1) is 0 Å². The molecular weight excluding hydrogens is 655 g/mol. The first-order valence-corrected chi connectivity index (χ1v) is 22.6. The van der Waals surface area contributed by atoms with Gasteiger partial charge >= 0.3 is 0 Å². The number of hydrogen-bond donors (Lipinski definition) is 3. The van der Waals surface area contributed by atoms with E-state index in [2.05, 4.69) is 67.8 Å². The molecule has 0 aromatic rings. The number of carbonyl (C=O) groups excluding carboxylic acids is 1. The summed E-state index contributed by atoms with van der Waals surface area (Å²) in [5.41, 5.74) is 0. The number of unbranched alkanes of at least 4 members (excludes halogenated alkanes) is 21. The van der Waals surface area contributed by atoms with Crippen LogP contribution >= 0.6 is 0 Å². The van der Waals surface area contributed by atoms with Crippen LogP contribution in [0.25, 0.3) is 0 Å². The topological polar surface area (TPSA) is 104 Å². The van der Waals surface area contributed by atoms with Crippen LogP contribution < -0.4 is 5.32 Å². The molecule has 0 spiro atoms. The first-order valence-electron chi connectivity index (χ1n) is 21.0. The Hall–Kier alpha value is -1.96. The van der Waals surface area contributed by atoms with E-state index in [0.29, 0.717) is 12.8 Å². The lowest BCUT2D eigenvalue weighted by atomic mass is 10.1. The third-order valence-electron chi connectivity index (χ3n) is 9.14. The lowest BCUT2D eigenvalue weighted by Crippen LogP contribution is -2.46. The second kappa shape index (κ2) is 37.8. The van der Waals surface area contributed by atoms with Crippen molar-refractivity contribution in [1.82, 2.24) is 5.32 Å². The van der Waals surface area contributed by atoms with E-state index < -0.39 is 28.0 Å². The minimum Gasteiger partial charge on any atom is -0.387 e. The summed E-state index contributed by atoms with van der Waals surface area (Å²) in [7, 11) is -4.36. The second-order valence-electron chi connectivity index (χ2n) is 14.2. The van der Waals surface area contributed by atoms with Crippen molar-refractivity contribution in [2.45, 2.75) is 206 Å². The number of rotatable bonds is 37. The van der Waals surface area contributed by atoms with E-state index in [1.54, 1.807) is 6.08 Å². The number of hydrogen-bond acceptors (Lipinski definition) is 4. The van der Waals surface area contributed by atoms with E-state index in [0.717, 1.165) is 57.8 Å². The molecule has 296 valence electrons. The fraction of sp³-hybridized carbons (Fsp3) is 0.750. The van der Waals surface area contributed by atoms with Gasteiger partial charge in [-0.3, -0.25) is 9.35 Å². The third kappa shape index (κ3) is 39.1. The second-order valence-corrected chi connectivity index (χ2v) is 15.7. The molecule has 0 aliphatic carbocycles. The highest BCUT2D eigenvalue weighted by Gasteiger charge is 2.24. The molecule has 0 aromatic carbocycles. The van der Waals surface area contributed by atoms with Gasteiger partial charge in [0.1, 0.15) is 0 Å². The van der Waals surface area contributed by atoms with Crippen molar-refractivity contribution in [3.63, 3.8) is 0 Å². The first kappa shape index (κ1) is 49.0. The molecule has 0 aliphatic heterocycles. The Morgan fingerprint density at radius 3 is 1.37 bits per heavy atom. The molecule has 2 atom stereocenters. The summed E-state index contributed by atoms with van der Waals surface area (Å²) < 4.78 is 32.5. The smallest absolute Gasteiger partial charge is 0.267 e. The molecule has 6 nitrogen and oxygen atoms in total. The largest absolute Gasteiger partial charge is 0.387 e. The molecule has 2 unspecified atom stereocenters. The predicted molar refractivity (Wildman–Crippen MR) is 221 cm³/mol. The van der Waals surface area contributed by atoms with Crippen LogP contribution in [0.1, 0.15) is 194 Å². The van der Waals surface area contributed by atoms with Gasteiger partial charge in [0, 0.05) is 6.42 Å². The van der Waals surface area contributed by atoms with E-state index in [9.17, 15) is 22.9 Å². The average Bonchev–Trinajstić information content (AvgIpc) is 3.09. The summed E-state index contributed by atoms with van der Waals surface area (Å²) in [4.78, 5) is 12.5. The average molecular weight is 734 g/mol. The maximum Gasteiger partial charge on any atom is 0.267 e. The summed E-state index contributed by atoms with van der Waals surface area (Å²) in [5.74, 6) is -1.03. The van der Waals surface area contributed by atoms with Gasteiger partial charge in [0.05, 0.1) is 17.9 Å². The summed E-state index contributed by atoms with van der Waals surface area (Å²) in [6.07, 6.45) is 52.1. The molecule has 7 heteroatoms. The highest BCUT2D eigenvalue weighted by molar-refractivity contribution is 7.85. The van der Waals surface area contributed by atoms with Gasteiger partial charge in [-0.2, -0.15) is 8.42 Å². The monoisotopic (exact) mass is 734 g/mol. The van der Waals surface area contributed by atoms with Crippen molar-refractivity contribution >= 4 is 16.0 Å². The minimum absolute atomic E-state index is 0.266. The van der Waals surface area contributed by atoms with Crippen molar-refractivity contribution < 1.29 is 22.9 Å². The van der Waals surface area contributed by atoms with Crippen LogP contribution in [0.5, 0.6) is 0 Å². The molecule has 3 N–H and O–H groups in total. The van der Waals surface area contributed by atoms with Crippen molar-refractivity contribution in [2.75, 3.05) is 5.75 Å². The van der Waals surface area contributed by atoms with Crippen LogP contribution in [-0.2, 0) is 14.9 Å². The van der Waals surface area contributed by atoms with Gasteiger partial charge in [0.25, 0.3) is 10.1 Å². The highest BCUT2D eigenvalue weighted by atomic mass is 32.2. The summed E-state index contributed by atoms with van der Waals surface area (Å²) in [6, 6.07) is -1.09. The Kier molecular flexibility index (Phi) is 36.3.